The summed E-state index contributed by atoms with van der Waals surface area (Å²) in [6, 6.07) is 0. The van der Waals surface area contributed by atoms with Gasteiger partial charge in [-0.1, -0.05) is 211 Å². The van der Waals surface area contributed by atoms with Gasteiger partial charge in [0.15, 0.2) is 6.10 Å². The van der Waals surface area contributed by atoms with Crippen LogP contribution >= 0.6 is 7.82 Å². The van der Waals surface area contributed by atoms with Crippen molar-refractivity contribution in [3.05, 3.63) is 36.5 Å². The molecule has 1 atom stereocenters. The van der Waals surface area contributed by atoms with Crippen molar-refractivity contribution in [2.45, 2.75) is 264 Å². The SMILES string of the molecule is CCCCCCCC/C=C/CCCCCCCCCCCC(=O)OC[C@H](COP(=O)(O)O)OC(=O)CCC/C=C/CC/C=C/CCCCCCCCCCCCCCCC. The van der Waals surface area contributed by atoms with Crippen molar-refractivity contribution < 1.29 is 37.9 Å². The lowest BCUT2D eigenvalue weighted by Gasteiger charge is -2.18. The number of unbranched alkanes of at least 4 members (excludes halogenated alkanes) is 31. The van der Waals surface area contributed by atoms with Crippen LogP contribution in [0.1, 0.15) is 258 Å². The Hall–Kier alpha value is -1.73. The summed E-state index contributed by atoms with van der Waals surface area (Å²) in [6.07, 6.45) is 57.5. The van der Waals surface area contributed by atoms with Crippen LogP contribution in [0.15, 0.2) is 36.5 Å². The number of allylic oxidation sites excluding steroid dienone is 6. The Morgan fingerprint density at radius 2 is 0.733 bits per heavy atom. The highest BCUT2D eigenvalue weighted by atomic mass is 31.2. The molecule has 9 heteroatoms. The van der Waals surface area contributed by atoms with Crippen LogP contribution in [0, 0.1) is 0 Å². The van der Waals surface area contributed by atoms with Crippen molar-refractivity contribution in [1.82, 2.24) is 0 Å². The van der Waals surface area contributed by atoms with Crippen LogP contribution in [0.3, 0.4) is 0 Å². The smallest absolute Gasteiger partial charge is 0.462 e. The Kier molecular flexibility index (Phi) is 45.4. The summed E-state index contributed by atoms with van der Waals surface area (Å²) in [5.41, 5.74) is 0. The van der Waals surface area contributed by atoms with Gasteiger partial charge in [-0.25, -0.2) is 4.57 Å². The van der Waals surface area contributed by atoms with E-state index < -0.39 is 32.5 Å². The molecule has 0 rings (SSSR count). The standard InChI is InChI=1S/C51H95O8P/c1-3-5-7-9-11-13-15-17-19-21-23-24-25-26-28-30-32-34-36-38-40-42-44-46-51(53)59-49(48-58-60(54,55)56)47-57-50(52)45-43-41-39-37-35-33-31-29-27-22-20-18-16-14-12-10-8-6-4-2/h18,20,30,32,38,40,49H,3-17,19,21-29,31,33-37,39,41-48H2,1-2H3,(H2,54,55,56)/b20-18+,32-30+,40-38+/t49-/m1/s1. The molecule has 0 spiro atoms. The van der Waals surface area contributed by atoms with Crippen LogP contribution in [0.2, 0.25) is 0 Å². The molecule has 0 unspecified atom stereocenters. The van der Waals surface area contributed by atoms with Gasteiger partial charge in [-0.05, 0) is 70.6 Å². The zero-order valence-corrected chi connectivity index (χ0v) is 40.0. The van der Waals surface area contributed by atoms with Crippen LogP contribution in [0.5, 0.6) is 0 Å². The third kappa shape index (κ3) is 48.9. The van der Waals surface area contributed by atoms with Gasteiger partial charge in [0, 0.05) is 12.8 Å². The fourth-order valence-electron chi connectivity index (χ4n) is 7.33. The molecule has 0 aliphatic rings. The average molecular weight is 867 g/mol. The number of carbonyl (C=O) groups is 2. The summed E-state index contributed by atoms with van der Waals surface area (Å²) in [7, 11) is -4.77. The van der Waals surface area contributed by atoms with E-state index in [1.165, 1.54) is 173 Å². The average Bonchev–Trinajstić information content (AvgIpc) is 3.22. The number of phosphoric ester groups is 1. The number of phosphoric acid groups is 1. The monoisotopic (exact) mass is 867 g/mol. The fourth-order valence-corrected chi connectivity index (χ4v) is 7.69. The molecular weight excluding hydrogens is 772 g/mol. The molecule has 0 aromatic rings. The summed E-state index contributed by atoms with van der Waals surface area (Å²) in [5, 5.41) is 0. The Labute approximate surface area is 370 Å². The van der Waals surface area contributed by atoms with Crippen LogP contribution in [-0.4, -0.2) is 41.0 Å². The van der Waals surface area contributed by atoms with E-state index in [2.05, 4.69) is 54.8 Å². The Morgan fingerprint density at radius 3 is 1.12 bits per heavy atom. The molecule has 0 saturated carbocycles. The van der Waals surface area contributed by atoms with Gasteiger partial charge in [-0.15, -0.1) is 0 Å². The van der Waals surface area contributed by atoms with Crippen LogP contribution in [0.4, 0.5) is 0 Å². The van der Waals surface area contributed by atoms with Crippen molar-refractivity contribution in [2.75, 3.05) is 13.2 Å². The number of carbonyl (C=O) groups excluding carboxylic acids is 2. The van der Waals surface area contributed by atoms with Gasteiger partial charge in [0.1, 0.15) is 6.61 Å². The van der Waals surface area contributed by atoms with Gasteiger partial charge in [0.25, 0.3) is 0 Å². The predicted octanol–water partition coefficient (Wildman–Crippen LogP) is 16.1. The second kappa shape index (κ2) is 46.8. The van der Waals surface area contributed by atoms with Gasteiger partial charge in [-0.2, -0.15) is 0 Å². The molecule has 0 amide bonds. The zero-order chi connectivity index (χ0) is 43.9. The van der Waals surface area contributed by atoms with E-state index in [9.17, 15) is 14.2 Å². The number of ether oxygens (including phenoxy) is 2. The van der Waals surface area contributed by atoms with Gasteiger partial charge in [0.2, 0.25) is 0 Å². The molecule has 0 heterocycles. The highest BCUT2D eigenvalue weighted by Crippen LogP contribution is 2.36. The maximum absolute atomic E-state index is 12.5. The minimum atomic E-state index is -4.77. The summed E-state index contributed by atoms with van der Waals surface area (Å²) in [4.78, 5) is 43.0. The fraction of sp³-hybridized carbons (Fsp3) is 0.843. The van der Waals surface area contributed by atoms with E-state index in [1.807, 2.05) is 0 Å². The normalized spacial score (nSPS) is 12.7. The Balaban J connectivity index is 3.87. The lowest BCUT2D eigenvalue weighted by atomic mass is 10.0. The summed E-state index contributed by atoms with van der Waals surface area (Å²) >= 11 is 0. The summed E-state index contributed by atoms with van der Waals surface area (Å²) in [5.74, 6) is -0.927. The quantitative estimate of drug-likeness (QED) is 0.0269. The molecule has 0 fully saturated rings. The molecular formula is C51H95O8P. The first-order valence-electron chi connectivity index (χ1n) is 25.3. The van der Waals surface area contributed by atoms with E-state index in [0.717, 1.165) is 51.4 Å². The number of rotatable bonds is 47. The molecule has 2 N–H and O–H groups in total. The lowest BCUT2D eigenvalue weighted by Crippen LogP contribution is -2.29. The summed E-state index contributed by atoms with van der Waals surface area (Å²) in [6.45, 7) is 3.69. The molecule has 0 aromatic heterocycles. The van der Waals surface area contributed by atoms with Crippen LogP contribution in [0.25, 0.3) is 0 Å². The molecule has 8 nitrogen and oxygen atoms in total. The maximum atomic E-state index is 12.5. The van der Waals surface area contributed by atoms with Crippen LogP contribution in [-0.2, 0) is 28.2 Å². The second-order valence-electron chi connectivity index (χ2n) is 17.1. The molecule has 0 bridgehead atoms. The van der Waals surface area contributed by atoms with Crippen molar-refractivity contribution in [2.24, 2.45) is 0 Å². The number of hydrogen-bond acceptors (Lipinski definition) is 6. The van der Waals surface area contributed by atoms with Crippen molar-refractivity contribution in [1.29, 1.82) is 0 Å². The number of hydrogen-bond donors (Lipinski definition) is 2. The Morgan fingerprint density at radius 1 is 0.417 bits per heavy atom. The van der Waals surface area contributed by atoms with Crippen LogP contribution < -0.4 is 0 Å². The highest BCUT2D eigenvalue weighted by molar-refractivity contribution is 7.46. The topological polar surface area (TPSA) is 119 Å². The first kappa shape index (κ1) is 58.3. The third-order valence-electron chi connectivity index (χ3n) is 11.1. The lowest BCUT2D eigenvalue weighted by molar-refractivity contribution is -0.161. The summed E-state index contributed by atoms with van der Waals surface area (Å²) < 4.78 is 26.5. The molecule has 352 valence electrons. The van der Waals surface area contributed by atoms with Crippen molar-refractivity contribution >= 4 is 19.8 Å². The predicted molar refractivity (Wildman–Crippen MR) is 253 cm³/mol. The molecule has 0 saturated heterocycles. The van der Waals surface area contributed by atoms with E-state index in [-0.39, 0.29) is 19.4 Å². The van der Waals surface area contributed by atoms with E-state index in [4.69, 9.17) is 19.3 Å². The van der Waals surface area contributed by atoms with Gasteiger partial charge < -0.3 is 19.3 Å². The first-order valence-corrected chi connectivity index (χ1v) is 26.8. The maximum Gasteiger partial charge on any atom is 0.469 e. The number of esters is 2. The molecule has 0 aromatic carbocycles. The first-order chi connectivity index (χ1) is 29.3. The van der Waals surface area contributed by atoms with E-state index >= 15 is 0 Å². The Bertz CT molecular complexity index is 1070. The third-order valence-corrected chi connectivity index (χ3v) is 11.6. The molecule has 0 radical (unpaired) electrons. The van der Waals surface area contributed by atoms with Gasteiger partial charge in [-0.3, -0.25) is 14.1 Å². The highest BCUT2D eigenvalue weighted by Gasteiger charge is 2.22. The van der Waals surface area contributed by atoms with Gasteiger partial charge >= 0.3 is 19.8 Å². The largest absolute Gasteiger partial charge is 0.469 e. The molecule has 0 aliphatic carbocycles. The van der Waals surface area contributed by atoms with Crippen molar-refractivity contribution in [3.8, 4) is 0 Å². The molecule has 60 heavy (non-hydrogen) atoms. The minimum absolute atomic E-state index is 0.153. The minimum Gasteiger partial charge on any atom is -0.462 e. The second-order valence-corrected chi connectivity index (χ2v) is 18.4. The van der Waals surface area contributed by atoms with Gasteiger partial charge in [0.05, 0.1) is 6.61 Å². The zero-order valence-electron chi connectivity index (χ0n) is 39.1. The van der Waals surface area contributed by atoms with Crippen molar-refractivity contribution in [3.63, 3.8) is 0 Å². The van der Waals surface area contributed by atoms with E-state index in [1.54, 1.807) is 0 Å². The molecule has 0 aliphatic heterocycles. The van der Waals surface area contributed by atoms with E-state index in [0.29, 0.717) is 6.42 Å².